The second-order valence-electron chi connectivity index (χ2n) is 4.02. The maximum Gasteiger partial charge on any atom is 0.122 e. The molecule has 0 fully saturated rings. The Morgan fingerprint density at radius 3 is 3.00 bits per heavy atom. The van der Waals surface area contributed by atoms with Crippen molar-refractivity contribution in [3.8, 4) is 0 Å². The molecule has 86 valence electrons. The van der Waals surface area contributed by atoms with Crippen molar-refractivity contribution >= 4 is 5.57 Å². The molecule has 2 heterocycles. The SMILES string of the molecule is [CH2-]c1cccc(C2=CN3C=CNC3C=C2)c1.[Mo]. The number of allylic oxidation sites excluding steroid dienone is 2. The smallest absolute Gasteiger partial charge is 0.122 e. The Kier molecular flexibility index (Phi) is 3.44. The monoisotopic (exact) mass is 307 g/mol. The molecular formula is C14H13MoN2-. The van der Waals surface area contributed by atoms with Crippen LogP contribution in [0.3, 0.4) is 0 Å². The molecule has 1 atom stereocenters. The molecular weight excluding hydrogens is 292 g/mol. The first-order chi connectivity index (χ1) is 7.83. The summed E-state index contributed by atoms with van der Waals surface area (Å²) in [5.74, 6) is 0. The first-order valence-electron chi connectivity index (χ1n) is 5.35. The second-order valence-corrected chi connectivity index (χ2v) is 4.02. The predicted octanol–water partition coefficient (Wildman–Crippen LogP) is 2.48. The van der Waals surface area contributed by atoms with E-state index >= 15 is 0 Å². The molecule has 3 rings (SSSR count). The Hall–Kier alpha value is -1.40. The van der Waals surface area contributed by atoms with Crippen molar-refractivity contribution in [2.75, 3.05) is 0 Å². The molecule has 1 aromatic carbocycles. The van der Waals surface area contributed by atoms with Crippen LogP contribution in [-0.2, 0) is 21.1 Å². The Balaban J connectivity index is 0.00000108. The van der Waals surface area contributed by atoms with Gasteiger partial charge in [-0.2, -0.15) is 24.6 Å². The molecule has 2 aliphatic rings. The molecule has 1 unspecified atom stereocenters. The molecule has 0 saturated heterocycles. The average Bonchev–Trinajstić information content (AvgIpc) is 2.75. The number of rotatable bonds is 1. The number of hydrogen-bond acceptors (Lipinski definition) is 2. The van der Waals surface area contributed by atoms with Gasteiger partial charge in [0, 0.05) is 39.7 Å². The maximum absolute atomic E-state index is 3.95. The van der Waals surface area contributed by atoms with Crippen molar-refractivity contribution in [2.45, 2.75) is 6.17 Å². The van der Waals surface area contributed by atoms with Crippen molar-refractivity contribution in [2.24, 2.45) is 0 Å². The summed E-state index contributed by atoms with van der Waals surface area (Å²) in [6.07, 6.45) is 10.7. The van der Waals surface area contributed by atoms with Crippen LogP contribution in [0.4, 0.5) is 0 Å². The summed E-state index contributed by atoms with van der Waals surface area (Å²) in [5.41, 5.74) is 3.47. The van der Waals surface area contributed by atoms with Crippen molar-refractivity contribution < 1.29 is 21.1 Å². The number of benzene rings is 1. The van der Waals surface area contributed by atoms with E-state index < -0.39 is 0 Å². The summed E-state index contributed by atoms with van der Waals surface area (Å²) in [6.45, 7) is 3.95. The third kappa shape index (κ3) is 2.32. The van der Waals surface area contributed by atoms with Gasteiger partial charge in [-0.25, -0.2) is 0 Å². The minimum atomic E-state index is 0. The molecule has 1 N–H and O–H groups in total. The second kappa shape index (κ2) is 4.85. The summed E-state index contributed by atoms with van der Waals surface area (Å²) < 4.78 is 0. The zero-order chi connectivity index (χ0) is 11.0. The van der Waals surface area contributed by atoms with Crippen molar-refractivity contribution in [1.82, 2.24) is 10.2 Å². The summed E-state index contributed by atoms with van der Waals surface area (Å²) in [4.78, 5) is 2.16. The molecule has 3 heteroatoms. The predicted molar refractivity (Wildman–Crippen MR) is 65.9 cm³/mol. The van der Waals surface area contributed by atoms with Gasteiger partial charge >= 0.3 is 0 Å². The van der Waals surface area contributed by atoms with E-state index in [1.54, 1.807) is 0 Å². The van der Waals surface area contributed by atoms with Gasteiger partial charge in [0.1, 0.15) is 6.17 Å². The van der Waals surface area contributed by atoms with Crippen LogP contribution in [0.15, 0.2) is 55.0 Å². The fraction of sp³-hybridized carbons (Fsp3) is 0.0714. The Morgan fingerprint density at radius 1 is 1.29 bits per heavy atom. The number of nitrogens with one attached hydrogen (secondary N) is 1. The van der Waals surface area contributed by atoms with E-state index in [0.717, 1.165) is 5.56 Å². The van der Waals surface area contributed by atoms with Crippen molar-refractivity contribution in [3.05, 3.63) is 73.1 Å². The van der Waals surface area contributed by atoms with Crippen LogP contribution in [-0.4, -0.2) is 11.1 Å². The fourth-order valence-corrected chi connectivity index (χ4v) is 2.00. The van der Waals surface area contributed by atoms with Crippen molar-refractivity contribution in [1.29, 1.82) is 0 Å². The summed E-state index contributed by atoms with van der Waals surface area (Å²) in [7, 11) is 0. The van der Waals surface area contributed by atoms with E-state index in [4.69, 9.17) is 0 Å². The van der Waals surface area contributed by atoms with Gasteiger partial charge in [0.2, 0.25) is 0 Å². The van der Waals surface area contributed by atoms with Gasteiger partial charge < -0.3 is 10.2 Å². The van der Waals surface area contributed by atoms with Gasteiger partial charge in [-0.05, 0) is 11.6 Å². The molecule has 0 radical (unpaired) electrons. The van der Waals surface area contributed by atoms with Crippen LogP contribution in [0.2, 0.25) is 0 Å². The molecule has 2 nitrogen and oxygen atoms in total. The Morgan fingerprint density at radius 2 is 2.18 bits per heavy atom. The topological polar surface area (TPSA) is 15.3 Å². The van der Waals surface area contributed by atoms with Crippen LogP contribution in [0, 0.1) is 6.92 Å². The first kappa shape index (κ1) is 12.1. The van der Waals surface area contributed by atoms with E-state index in [0.29, 0.717) is 0 Å². The van der Waals surface area contributed by atoms with Gasteiger partial charge in [-0.3, -0.25) is 0 Å². The minimum absolute atomic E-state index is 0. The van der Waals surface area contributed by atoms with Gasteiger partial charge in [0.15, 0.2) is 0 Å². The van der Waals surface area contributed by atoms with Gasteiger partial charge in [0.25, 0.3) is 0 Å². The molecule has 17 heavy (non-hydrogen) atoms. The molecule has 0 bridgehead atoms. The largest absolute Gasteiger partial charge is 0.366 e. The molecule has 0 amide bonds. The van der Waals surface area contributed by atoms with Crippen LogP contribution in [0.25, 0.3) is 5.57 Å². The third-order valence-electron chi connectivity index (χ3n) is 2.84. The minimum Gasteiger partial charge on any atom is -0.366 e. The van der Waals surface area contributed by atoms with Crippen LogP contribution >= 0.6 is 0 Å². The standard InChI is InChI=1S/C14H13N2.Mo/c1-11-3-2-4-12(9-11)13-5-6-14-15-7-8-16(14)10-13;/h2-10,14-15H,1H2;/q-1;. The van der Waals surface area contributed by atoms with E-state index in [2.05, 4.69) is 47.6 Å². The third-order valence-corrected chi connectivity index (χ3v) is 2.84. The van der Waals surface area contributed by atoms with Gasteiger partial charge in [-0.15, -0.1) is 6.07 Å². The molecule has 1 aromatic rings. The Bertz CT molecular complexity index is 503. The summed E-state index contributed by atoms with van der Waals surface area (Å²) in [5, 5.41) is 3.24. The molecule has 0 aliphatic carbocycles. The van der Waals surface area contributed by atoms with E-state index in [-0.39, 0.29) is 27.2 Å². The van der Waals surface area contributed by atoms with E-state index in [9.17, 15) is 0 Å². The zero-order valence-corrected chi connectivity index (χ0v) is 11.3. The van der Waals surface area contributed by atoms with Crippen molar-refractivity contribution in [3.63, 3.8) is 0 Å². The summed E-state index contributed by atoms with van der Waals surface area (Å²) in [6, 6.07) is 8.26. The normalized spacial score (nSPS) is 20.4. The quantitative estimate of drug-likeness (QED) is 0.633. The van der Waals surface area contributed by atoms with E-state index in [1.165, 1.54) is 11.1 Å². The van der Waals surface area contributed by atoms with Gasteiger partial charge in [-0.1, -0.05) is 17.7 Å². The molecule has 0 spiro atoms. The summed E-state index contributed by atoms with van der Waals surface area (Å²) >= 11 is 0. The van der Waals surface area contributed by atoms with Crippen LogP contribution < -0.4 is 5.32 Å². The van der Waals surface area contributed by atoms with Crippen LogP contribution in [0.5, 0.6) is 0 Å². The molecule has 0 saturated carbocycles. The van der Waals surface area contributed by atoms with Crippen LogP contribution in [0.1, 0.15) is 11.1 Å². The fourth-order valence-electron chi connectivity index (χ4n) is 2.00. The number of nitrogens with zero attached hydrogens (tertiary/aromatic N) is 1. The Labute approximate surface area is 116 Å². The van der Waals surface area contributed by atoms with E-state index in [1.807, 2.05) is 24.5 Å². The number of hydrogen-bond donors (Lipinski definition) is 1. The first-order valence-corrected chi connectivity index (χ1v) is 5.35. The molecule has 0 aromatic heterocycles. The zero-order valence-electron chi connectivity index (χ0n) is 9.34. The van der Waals surface area contributed by atoms with Gasteiger partial charge in [0.05, 0.1) is 0 Å². The maximum atomic E-state index is 3.95. The molecule has 2 aliphatic heterocycles. The average molecular weight is 305 g/mol. The number of fused-ring (bicyclic) bond motifs is 1.